The maximum absolute atomic E-state index is 11.1. The summed E-state index contributed by atoms with van der Waals surface area (Å²) in [7, 11) is 0. The largest absolute Gasteiger partial charge is 0.454 e. The number of nitrogens with one attached hydrogen (secondary N) is 1. The van der Waals surface area contributed by atoms with Crippen molar-refractivity contribution >= 4 is 12.2 Å². The minimum Gasteiger partial charge on any atom is -0.454 e. The second-order valence-corrected chi connectivity index (χ2v) is 9.06. The number of pyridine rings is 1. The average molecular weight is 453 g/mol. The number of aliphatic imine (C=N–C) groups is 1. The Hall–Kier alpha value is -2.92. The molecule has 4 aliphatic rings. The van der Waals surface area contributed by atoms with Crippen LogP contribution in [0.2, 0.25) is 0 Å². The molecule has 4 aliphatic heterocycles. The summed E-state index contributed by atoms with van der Waals surface area (Å²) in [4.78, 5) is 13.6. The molecule has 1 aromatic heterocycles. The molecular formula is C23H28N6O4. The number of nitrogens with zero attached hydrogens (tertiary/aromatic N) is 5. The number of hydrogen-bond acceptors (Lipinski definition) is 10. The SMILES string of the molecule is CC1CN(Cc2cnc3c(c2)C2N=CNN2C(O)N3Cc2ccc3c(c2)OCO3)C[C@@H](C)O1. The predicted molar refractivity (Wildman–Crippen MR) is 120 cm³/mol. The Morgan fingerprint density at radius 2 is 1.88 bits per heavy atom. The third-order valence-electron chi connectivity index (χ3n) is 6.41. The zero-order valence-electron chi connectivity index (χ0n) is 18.7. The van der Waals surface area contributed by atoms with Gasteiger partial charge in [0.05, 0.1) is 18.5 Å². The quantitative estimate of drug-likeness (QED) is 0.717. The van der Waals surface area contributed by atoms with Gasteiger partial charge < -0.3 is 29.6 Å². The smallest absolute Gasteiger partial charge is 0.231 e. The zero-order valence-corrected chi connectivity index (χ0v) is 18.7. The van der Waals surface area contributed by atoms with Crippen molar-refractivity contribution in [1.29, 1.82) is 0 Å². The molecular weight excluding hydrogens is 424 g/mol. The monoisotopic (exact) mass is 452 g/mol. The van der Waals surface area contributed by atoms with Crippen LogP contribution < -0.4 is 19.8 Å². The zero-order chi connectivity index (χ0) is 22.5. The van der Waals surface area contributed by atoms with Crippen molar-refractivity contribution in [2.45, 2.75) is 51.7 Å². The van der Waals surface area contributed by atoms with Gasteiger partial charge in [0.25, 0.3) is 0 Å². The van der Waals surface area contributed by atoms with Gasteiger partial charge in [-0.25, -0.2) is 9.98 Å². The standard InChI is InChI=1S/C23H28N6O4/c1-14-8-27(9-15(2)33-14)10-17-5-18-21(24-7-17)28(23(30)29-22(18)25-12-26-29)11-16-3-4-19-20(6-16)32-13-31-19/h3-7,12,14-15,22-23,30H,8-11,13H2,1-2H3,(H,25,26)/t14-,15?,22?,23?/m1/s1. The van der Waals surface area contributed by atoms with Crippen LogP contribution in [0, 0.1) is 0 Å². The van der Waals surface area contributed by atoms with Crippen LogP contribution in [0.1, 0.15) is 36.7 Å². The van der Waals surface area contributed by atoms with Crippen molar-refractivity contribution in [3.8, 4) is 11.5 Å². The lowest BCUT2D eigenvalue weighted by Gasteiger charge is -2.42. The van der Waals surface area contributed by atoms with Crippen molar-refractivity contribution in [2.75, 3.05) is 24.8 Å². The van der Waals surface area contributed by atoms with Crippen LogP contribution in [0.25, 0.3) is 0 Å². The number of benzene rings is 1. The highest BCUT2D eigenvalue weighted by Crippen LogP contribution is 2.40. The van der Waals surface area contributed by atoms with Gasteiger partial charge in [0.1, 0.15) is 5.82 Å². The molecule has 3 unspecified atom stereocenters. The Bertz CT molecular complexity index is 1070. The van der Waals surface area contributed by atoms with Gasteiger partial charge in [0.2, 0.25) is 13.1 Å². The number of hydrazine groups is 1. The molecule has 33 heavy (non-hydrogen) atoms. The van der Waals surface area contributed by atoms with Gasteiger partial charge in [0.15, 0.2) is 17.7 Å². The van der Waals surface area contributed by atoms with E-state index in [1.807, 2.05) is 29.3 Å². The highest BCUT2D eigenvalue weighted by atomic mass is 16.7. The van der Waals surface area contributed by atoms with E-state index in [1.165, 1.54) is 0 Å². The Kier molecular flexibility index (Phi) is 5.10. The van der Waals surface area contributed by atoms with Crippen LogP contribution in [0.5, 0.6) is 11.5 Å². The minimum absolute atomic E-state index is 0.214. The number of aliphatic hydroxyl groups excluding tert-OH is 1. The molecule has 0 aliphatic carbocycles. The van der Waals surface area contributed by atoms with E-state index in [4.69, 9.17) is 19.2 Å². The number of fused-ring (bicyclic) bond motifs is 4. The molecule has 0 saturated carbocycles. The van der Waals surface area contributed by atoms with Gasteiger partial charge in [-0.1, -0.05) is 6.07 Å². The first kappa shape index (κ1) is 20.7. The number of ether oxygens (including phenoxy) is 3. The second kappa shape index (κ2) is 8.14. The molecule has 1 aromatic carbocycles. The normalized spacial score (nSPS) is 28.5. The first-order valence-electron chi connectivity index (χ1n) is 11.3. The Morgan fingerprint density at radius 3 is 2.73 bits per heavy atom. The van der Waals surface area contributed by atoms with E-state index in [0.717, 1.165) is 53.6 Å². The van der Waals surface area contributed by atoms with Crippen molar-refractivity contribution in [3.63, 3.8) is 0 Å². The molecule has 174 valence electrons. The van der Waals surface area contributed by atoms with E-state index in [1.54, 1.807) is 11.3 Å². The summed E-state index contributed by atoms with van der Waals surface area (Å²) in [6.45, 7) is 7.50. The molecule has 1 fully saturated rings. The number of anilines is 1. The number of aliphatic hydroxyl groups is 1. The number of hydrogen-bond donors (Lipinski definition) is 2. The van der Waals surface area contributed by atoms with Gasteiger partial charge in [-0.3, -0.25) is 4.90 Å². The van der Waals surface area contributed by atoms with Crippen molar-refractivity contribution < 1.29 is 19.3 Å². The fourth-order valence-electron chi connectivity index (χ4n) is 5.10. The molecule has 0 radical (unpaired) electrons. The highest BCUT2D eigenvalue weighted by Gasteiger charge is 2.41. The summed E-state index contributed by atoms with van der Waals surface area (Å²) in [5, 5.41) is 12.9. The van der Waals surface area contributed by atoms with Crippen LogP contribution in [0.15, 0.2) is 35.5 Å². The molecule has 10 heteroatoms. The van der Waals surface area contributed by atoms with Gasteiger partial charge >= 0.3 is 0 Å². The Balaban J connectivity index is 1.29. The lowest BCUT2D eigenvalue weighted by atomic mass is 10.1. The number of aromatic nitrogens is 1. The minimum atomic E-state index is -0.922. The average Bonchev–Trinajstić information content (AvgIpc) is 3.45. The van der Waals surface area contributed by atoms with Gasteiger partial charge in [-0.2, -0.15) is 0 Å². The van der Waals surface area contributed by atoms with E-state index < -0.39 is 6.35 Å². The summed E-state index contributed by atoms with van der Waals surface area (Å²) < 4.78 is 16.8. The molecule has 5 heterocycles. The fourth-order valence-corrected chi connectivity index (χ4v) is 5.10. The summed E-state index contributed by atoms with van der Waals surface area (Å²) in [5.74, 6) is 2.19. The molecule has 2 aromatic rings. The lowest BCUT2D eigenvalue weighted by molar-refractivity contribution is -0.0705. The molecule has 10 nitrogen and oxygen atoms in total. The van der Waals surface area contributed by atoms with E-state index >= 15 is 0 Å². The van der Waals surface area contributed by atoms with Crippen molar-refractivity contribution in [1.82, 2.24) is 20.3 Å². The van der Waals surface area contributed by atoms with E-state index in [-0.39, 0.29) is 25.2 Å². The molecule has 0 bridgehead atoms. The van der Waals surface area contributed by atoms with Crippen LogP contribution in [0.3, 0.4) is 0 Å². The van der Waals surface area contributed by atoms with Crippen LogP contribution >= 0.6 is 0 Å². The highest BCUT2D eigenvalue weighted by molar-refractivity contribution is 5.61. The van der Waals surface area contributed by atoms with Crippen LogP contribution in [-0.4, -0.2) is 64.8 Å². The molecule has 4 atom stereocenters. The lowest BCUT2D eigenvalue weighted by Crippen LogP contribution is -2.56. The summed E-state index contributed by atoms with van der Waals surface area (Å²) in [6, 6.07) is 7.99. The first-order chi connectivity index (χ1) is 16.0. The maximum Gasteiger partial charge on any atom is 0.231 e. The number of morpholine rings is 1. The van der Waals surface area contributed by atoms with Crippen LogP contribution in [-0.2, 0) is 17.8 Å². The summed E-state index contributed by atoms with van der Waals surface area (Å²) >= 11 is 0. The second-order valence-electron chi connectivity index (χ2n) is 9.06. The number of rotatable bonds is 4. The van der Waals surface area contributed by atoms with Gasteiger partial charge in [0, 0.05) is 37.9 Å². The van der Waals surface area contributed by atoms with Crippen LogP contribution in [0.4, 0.5) is 5.82 Å². The Labute approximate surface area is 192 Å². The molecule has 0 spiro atoms. The van der Waals surface area contributed by atoms with Gasteiger partial charge in [-0.15, -0.1) is 5.01 Å². The van der Waals surface area contributed by atoms with Crippen molar-refractivity contribution in [2.24, 2.45) is 4.99 Å². The third kappa shape index (κ3) is 3.78. The van der Waals surface area contributed by atoms with E-state index in [9.17, 15) is 5.11 Å². The van der Waals surface area contributed by atoms with Gasteiger partial charge in [-0.05, 0) is 43.2 Å². The van der Waals surface area contributed by atoms with E-state index in [2.05, 4.69) is 35.2 Å². The summed E-state index contributed by atoms with van der Waals surface area (Å²) in [6.07, 6.45) is 2.72. The topological polar surface area (TPSA) is 94.9 Å². The predicted octanol–water partition coefficient (Wildman–Crippen LogP) is 1.56. The molecule has 2 N–H and O–H groups in total. The molecule has 1 saturated heterocycles. The van der Waals surface area contributed by atoms with Crippen molar-refractivity contribution in [3.05, 3.63) is 47.2 Å². The fraction of sp³-hybridized carbons (Fsp3) is 0.478. The third-order valence-corrected chi connectivity index (χ3v) is 6.41. The molecule has 6 rings (SSSR count). The van der Waals surface area contributed by atoms with E-state index in [0.29, 0.717) is 6.54 Å². The molecule has 0 amide bonds. The summed E-state index contributed by atoms with van der Waals surface area (Å²) in [5.41, 5.74) is 6.15. The maximum atomic E-state index is 11.1. The Morgan fingerprint density at radius 1 is 1.06 bits per heavy atom. The first-order valence-corrected chi connectivity index (χ1v) is 11.3.